The number of rotatable bonds is 2. The molecule has 3 aliphatic heterocycles. The van der Waals surface area contributed by atoms with Crippen LogP contribution in [0.4, 0.5) is 0 Å². The number of nitrogens with zero attached hydrogens (tertiary/aromatic N) is 1. The molecule has 0 aromatic rings. The van der Waals surface area contributed by atoms with Crippen molar-refractivity contribution in [2.24, 2.45) is 5.41 Å². The van der Waals surface area contributed by atoms with Crippen LogP contribution in [-0.4, -0.2) is 38.8 Å². The van der Waals surface area contributed by atoms with Crippen molar-refractivity contribution < 1.29 is 9.22 Å². The van der Waals surface area contributed by atoms with Gasteiger partial charge in [-0.2, -0.15) is 0 Å². The largest absolute Gasteiger partial charge is 0.519 e. The van der Waals surface area contributed by atoms with Crippen LogP contribution in [0, 0.1) is 5.41 Å². The normalized spacial score (nSPS) is 35.3. The maximum Gasteiger partial charge on any atom is 0.298 e. The summed E-state index contributed by atoms with van der Waals surface area (Å²) in [7, 11) is -1.71. The third kappa shape index (κ3) is 2.26. The number of carbonyl (C=O) groups excluding carboxylic acids is 1. The van der Waals surface area contributed by atoms with Crippen molar-refractivity contribution in [1.82, 2.24) is 4.90 Å². The van der Waals surface area contributed by atoms with E-state index in [2.05, 4.69) is 24.5 Å². The predicted octanol–water partition coefficient (Wildman–Crippen LogP) is 1.85. The summed E-state index contributed by atoms with van der Waals surface area (Å²) in [6.45, 7) is 9.50. The summed E-state index contributed by atoms with van der Waals surface area (Å²) in [5.41, 5.74) is -0.116. The molecular formula is C11H21NO2Si. The molecule has 0 N–H and O–H groups in total. The maximum atomic E-state index is 12.2. The van der Waals surface area contributed by atoms with Crippen LogP contribution >= 0.6 is 0 Å². The Morgan fingerprint density at radius 1 is 1.13 bits per heavy atom. The van der Waals surface area contributed by atoms with Gasteiger partial charge in [-0.1, -0.05) is 0 Å². The van der Waals surface area contributed by atoms with E-state index in [-0.39, 0.29) is 11.4 Å². The Morgan fingerprint density at radius 3 is 2.00 bits per heavy atom. The van der Waals surface area contributed by atoms with Crippen LogP contribution in [0.3, 0.4) is 0 Å². The lowest BCUT2D eigenvalue weighted by molar-refractivity contribution is -0.154. The van der Waals surface area contributed by atoms with Gasteiger partial charge in [0.1, 0.15) is 0 Å². The number of hydrogen-bond acceptors (Lipinski definition) is 3. The maximum absolute atomic E-state index is 12.2. The van der Waals surface area contributed by atoms with Crippen LogP contribution in [0.15, 0.2) is 0 Å². The van der Waals surface area contributed by atoms with Gasteiger partial charge in [0, 0.05) is 0 Å². The quantitative estimate of drug-likeness (QED) is 0.674. The summed E-state index contributed by atoms with van der Waals surface area (Å²) in [5, 5.41) is 0. The minimum atomic E-state index is -1.71. The molecule has 0 atom stereocenters. The lowest BCUT2D eigenvalue weighted by Gasteiger charge is -2.47. The van der Waals surface area contributed by atoms with Gasteiger partial charge in [-0.05, 0) is 58.5 Å². The molecule has 0 unspecified atom stereocenters. The Morgan fingerprint density at radius 2 is 1.60 bits per heavy atom. The van der Waals surface area contributed by atoms with Crippen LogP contribution in [0.25, 0.3) is 0 Å². The molecule has 0 aliphatic carbocycles. The topological polar surface area (TPSA) is 29.5 Å². The summed E-state index contributed by atoms with van der Waals surface area (Å²) in [6.07, 6.45) is 3.03. The van der Waals surface area contributed by atoms with Crippen LogP contribution < -0.4 is 0 Å². The molecular weight excluding hydrogens is 206 g/mol. The molecule has 0 aromatic carbocycles. The Hall–Kier alpha value is -0.353. The molecule has 4 heteroatoms. The summed E-state index contributed by atoms with van der Waals surface area (Å²) in [6, 6.07) is 0. The van der Waals surface area contributed by atoms with Gasteiger partial charge in [-0.15, -0.1) is 0 Å². The fourth-order valence-electron chi connectivity index (χ4n) is 2.52. The standard InChI is InChI=1S/C11H21NO2Si/c1-15(2,3)14-10(13)11-4-7-12(8-5-11)9-6-11/h4-9H2,1-3H3. The average Bonchev–Trinajstić information content (AvgIpc) is 2.18. The van der Waals surface area contributed by atoms with E-state index in [1.54, 1.807) is 0 Å². The van der Waals surface area contributed by atoms with Crippen LogP contribution in [0.1, 0.15) is 19.3 Å². The number of piperidine rings is 3. The Labute approximate surface area is 92.9 Å². The second kappa shape index (κ2) is 3.59. The molecule has 2 bridgehead atoms. The molecule has 3 nitrogen and oxygen atoms in total. The molecule has 15 heavy (non-hydrogen) atoms. The molecule has 3 heterocycles. The van der Waals surface area contributed by atoms with E-state index in [0.29, 0.717) is 0 Å². The monoisotopic (exact) mass is 227 g/mol. The van der Waals surface area contributed by atoms with Crippen LogP contribution in [0.5, 0.6) is 0 Å². The van der Waals surface area contributed by atoms with Crippen molar-refractivity contribution in [3.63, 3.8) is 0 Å². The second-order valence-corrected chi connectivity index (χ2v) is 10.3. The smallest absolute Gasteiger partial charge is 0.298 e. The van der Waals surface area contributed by atoms with E-state index >= 15 is 0 Å². The molecule has 3 fully saturated rings. The number of carbonyl (C=O) groups is 1. The fourth-order valence-corrected chi connectivity index (χ4v) is 3.29. The van der Waals surface area contributed by atoms with Crippen molar-refractivity contribution in [3.8, 4) is 0 Å². The summed E-state index contributed by atoms with van der Waals surface area (Å²) < 4.78 is 5.68. The average molecular weight is 227 g/mol. The zero-order valence-electron chi connectivity index (χ0n) is 10.0. The van der Waals surface area contributed by atoms with E-state index < -0.39 is 8.32 Å². The SMILES string of the molecule is C[Si](C)(C)OC(=O)C12CCN(CC1)CC2. The Kier molecular flexibility index (Phi) is 2.67. The van der Waals surface area contributed by atoms with Crippen LogP contribution in [0.2, 0.25) is 19.6 Å². The molecule has 0 aromatic heterocycles. The van der Waals surface area contributed by atoms with Gasteiger partial charge in [0.15, 0.2) is 0 Å². The summed E-state index contributed by atoms with van der Waals surface area (Å²) in [5.74, 6) is 0.0982. The lowest BCUT2D eigenvalue weighted by atomic mass is 9.72. The van der Waals surface area contributed by atoms with Crippen molar-refractivity contribution in [2.75, 3.05) is 19.6 Å². The molecule has 86 valence electrons. The van der Waals surface area contributed by atoms with Crippen molar-refractivity contribution in [2.45, 2.75) is 38.9 Å². The summed E-state index contributed by atoms with van der Waals surface area (Å²) in [4.78, 5) is 14.6. The first-order chi connectivity index (χ1) is 6.91. The highest BCUT2D eigenvalue weighted by Crippen LogP contribution is 2.41. The molecule has 0 spiro atoms. The van der Waals surface area contributed by atoms with Gasteiger partial charge in [0.05, 0.1) is 5.41 Å². The molecule has 3 rings (SSSR count). The van der Waals surface area contributed by atoms with E-state index in [0.717, 1.165) is 38.9 Å². The zero-order valence-corrected chi connectivity index (χ0v) is 11.0. The minimum absolute atomic E-state index is 0.0982. The zero-order chi connectivity index (χ0) is 11.1. The molecule has 3 saturated heterocycles. The molecule has 3 aliphatic rings. The lowest BCUT2D eigenvalue weighted by Crippen LogP contribution is -2.53. The van der Waals surface area contributed by atoms with E-state index in [1.807, 2.05) is 0 Å². The first-order valence-corrected chi connectivity index (χ1v) is 9.28. The third-order valence-electron chi connectivity index (χ3n) is 3.55. The highest BCUT2D eigenvalue weighted by Gasteiger charge is 2.47. The Balaban J connectivity index is 2.05. The number of fused-ring (bicyclic) bond motifs is 3. The van der Waals surface area contributed by atoms with Gasteiger partial charge in [-0.3, -0.25) is 4.79 Å². The fraction of sp³-hybridized carbons (Fsp3) is 0.909. The molecule has 0 saturated carbocycles. The van der Waals surface area contributed by atoms with Crippen molar-refractivity contribution in [3.05, 3.63) is 0 Å². The van der Waals surface area contributed by atoms with Crippen molar-refractivity contribution in [1.29, 1.82) is 0 Å². The van der Waals surface area contributed by atoms with Crippen molar-refractivity contribution >= 4 is 14.3 Å². The summed E-state index contributed by atoms with van der Waals surface area (Å²) >= 11 is 0. The first kappa shape index (κ1) is 11.1. The van der Waals surface area contributed by atoms with Gasteiger partial charge in [-0.25, -0.2) is 0 Å². The van der Waals surface area contributed by atoms with Gasteiger partial charge < -0.3 is 9.33 Å². The molecule has 0 radical (unpaired) electrons. The number of hydrogen-bond donors (Lipinski definition) is 0. The highest BCUT2D eigenvalue weighted by atomic mass is 28.4. The molecule has 0 amide bonds. The Bertz CT molecular complexity index is 250. The van der Waals surface area contributed by atoms with Gasteiger partial charge in [0.2, 0.25) is 8.32 Å². The van der Waals surface area contributed by atoms with E-state index in [1.165, 1.54) is 0 Å². The highest BCUT2D eigenvalue weighted by molar-refractivity contribution is 6.71. The van der Waals surface area contributed by atoms with E-state index in [4.69, 9.17) is 4.43 Å². The van der Waals surface area contributed by atoms with Gasteiger partial charge in [0.25, 0.3) is 5.97 Å². The first-order valence-electron chi connectivity index (χ1n) is 5.87. The predicted molar refractivity (Wildman–Crippen MR) is 62.2 cm³/mol. The van der Waals surface area contributed by atoms with Crippen LogP contribution in [-0.2, 0) is 9.22 Å². The van der Waals surface area contributed by atoms with E-state index in [9.17, 15) is 4.79 Å². The minimum Gasteiger partial charge on any atom is -0.519 e. The third-order valence-corrected chi connectivity index (χ3v) is 4.35. The second-order valence-electron chi connectivity index (χ2n) is 5.87. The van der Waals surface area contributed by atoms with Gasteiger partial charge >= 0.3 is 0 Å².